The van der Waals surface area contributed by atoms with Crippen LogP contribution < -0.4 is 10.6 Å². The quantitative estimate of drug-likeness (QED) is 0.509. The molecule has 7 nitrogen and oxygen atoms in total. The highest BCUT2D eigenvalue weighted by Crippen LogP contribution is 2.20. The van der Waals surface area contributed by atoms with E-state index in [1.807, 2.05) is 25.1 Å². The van der Waals surface area contributed by atoms with Gasteiger partial charge in [-0.25, -0.2) is 0 Å². The molecule has 2 amide bonds. The van der Waals surface area contributed by atoms with Crippen LogP contribution in [0.1, 0.15) is 26.3 Å². The molecule has 28 heavy (non-hydrogen) atoms. The van der Waals surface area contributed by atoms with Gasteiger partial charge in [0.25, 0.3) is 17.5 Å². The molecule has 3 aromatic rings. The first-order chi connectivity index (χ1) is 13.4. The molecule has 0 fully saturated rings. The van der Waals surface area contributed by atoms with Crippen LogP contribution in [0.5, 0.6) is 0 Å². The maximum absolute atomic E-state index is 12.6. The third kappa shape index (κ3) is 4.39. The monoisotopic (exact) mass is 375 g/mol. The van der Waals surface area contributed by atoms with Gasteiger partial charge in [-0.1, -0.05) is 24.3 Å². The second kappa shape index (κ2) is 8.13. The van der Waals surface area contributed by atoms with E-state index >= 15 is 0 Å². The summed E-state index contributed by atoms with van der Waals surface area (Å²) in [6.07, 6.45) is 0. The largest absolute Gasteiger partial charge is 0.322 e. The Morgan fingerprint density at radius 1 is 0.857 bits per heavy atom. The smallest absolute Gasteiger partial charge is 0.269 e. The molecular formula is C21H17N3O4. The number of nitrogens with zero attached hydrogens (tertiary/aromatic N) is 1. The molecule has 0 aliphatic rings. The first-order valence-electron chi connectivity index (χ1n) is 8.47. The van der Waals surface area contributed by atoms with E-state index in [0.717, 1.165) is 5.56 Å². The first kappa shape index (κ1) is 18.8. The van der Waals surface area contributed by atoms with Crippen LogP contribution in [0.25, 0.3) is 0 Å². The van der Waals surface area contributed by atoms with E-state index in [1.54, 1.807) is 30.3 Å². The molecule has 7 heteroatoms. The van der Waals surface area contributed by atoms with Gasteiger partial charge in [0.15, 0.2) is 0 Å². The lowest BCUT2D eigenvalue weighted by Gasteiger charge is -2.12. The summed E-state index contributed by atoms with van der Waals surface area (Å²) in [6.45, 7) is 1.92. The van der Waals surface area contributed by atoms with Crippen LogP contribution in [0.15, 0.2) is 72.8 Å². The van der Waals surface area contributed by atoms with Gasteiger partial charge in [-0.3, -0.25) is 19.7 Å². The normalized spacial score (nSPS) is 10.2. The lowest BCUT2D eigenvalue weighted by molar-refractivity contribution is -0.384. The highest BCUT2D eigenvalue weighted by Gasteiger charge is 2.15. The SMILES string of the molecule is Cc1cccc(NC(=O)c2ccccc2NC(=O)c2ccc([N+](=O)[O-])cc2)c1. The molecule has 0 radical (unpaired) electrons. The van der Waals surface area contributed by atoms with Crippen LogP contribution in [-0.2, 0) is 0 Å². The zero-order chi connectivity index (χ0) is 20.1. The number of nitro benzene ring substituents is 1. The Morgan fingerprint density at radius 3 is 2.25 bits per heavy atom. The molecule has 0 saturated heterocycles. The molecule has 0 atom stereocenters. The second-order valence-electron chi connectivity index (χ2n) is 6.13. The fraction of sp³-hybridized carbons (Fsp3) is 0.0476. The Bertz CT molecular complexity index is 1050. The Morgan fingerprint density at radius 2 is 1.57 bits per heavy atom. The summed E-state index contributed by atoms with van der Waals surface area (Å²) in [5.74, 6) is -0.823. The standard InChI is InChI=1S/C21H17N3O4/c1-14-5-4-6-16(13-14)22-21(26)18-7-2-3-8-19(18)23-20(25)15-9-11-17(12-10-15)24(27)28/h2-13H,1H3,(H,22,26)(H,23,25). The first-order valence-corrected chi connectivity index (χ1v) is 8.47. The van der Waals surface area contributed by atoms with Crippen molar-refractivity contribution in [3.63, 3.8) is 0 Å². The molecule has 3 rings (SSSR count). The summed E-state index contributed by atoms with van der Waals surface area (Å²) in [4.78, 5) is 35.3. The Hall–Kier alpha value is -4.00. The van der Waals surface area contributed by atoms with Crippen molar-refractivity contribution < 1.29 is 14.5 Å². The van der Waals surface area contributed by atoms with Gasteiger partial charge < -0.3 is 10.6 Å². The van der Waals surface area contributed by atoms with E-state index in [9.17, 15) is 19.7 Å². The number of aryl methyl sites for hydroxylation is 1. The van der Waals surface area contributed by atoms with Crippen LogP contribution in [0.3, 0.4) is 0 Å². The molecule has 0 unspecified atom stereocenters. The number of carbonyl (C=O) groups is 2. The van der Waals surface area contributed by atoms with Crippen molar-refractivity contribution in [3.8, 4) is 0 Å². The fourth-order valence-electron chi connectivity index (χ4n) is 2.64. The highest BCUT2D eigenvalue weighted by molar-refractivity contribution is 6.12. The number of rotatable bonds is 5. The third-order valence-corrected chi connectivity index (χ3v) is 4.04. The average Bonchev–Trinajstić information content (AvgIpc) is 2.68. The summed E-state index contributed by atoms with van der Waals surface area (Å²) in [6, 6.07) is 19.3. The Kier molecular flexibility index (Phi) is 5.45. The molecule has 0 bridgehead atoms. The summed E-state index contributed by atoms with van der Waals surface area (Å²) < 4.78 is 0. The summed E-state index contributed by atoms with van der Waals surface area (Å²) in [5, 5.41) is 16.2. The third-order valence-electron chi connectivity index (χ3n) is 4.04. The number of para-hydroxylation sites is 1. The maximum atomic E-state index is 12.6. The van der Waals surface area contributed by atoms with Crippen molar-refractivity contribution in [1.29, 1.82) is 0 Å². The lowest BCUT2D eigenvalue weighted by Crippen LogP contribution is -2.18. The number of benzene rings is 3. The number of nitro groups is 1. The van der Waals surface area contributed by atoms with Crippen LogP contribution in [0.2, 0.25) is 0 Å². The van der Waals surface area contributed by atoms with Crippen molar-refractivity contribution in [2.75, 3.05) is 10.6 Å². The molecular weight excluding hydrogens is 358 g/mol. The van der Waals surface area contributed by atoms with Crippen molar-refractivity contribution in [3.05, 3.63) is 99.6 Å². The number of anilines is 2. The van der Waals surface area contributed by atoms with Crippen molar-refractivity contribution in [1.82, 2.24) is 0 Å². The predicted molar refractivity (Wildman–Crippen MR) is 107 cm³/mol. The predicted octanol–water partition coefficient (Wildman–Crippen LogP) is 4.41. The Balaban J connectivity index is 1.78. The highest BCUT2D eigenvalue weighted by atomic mass is 16.6. The van der Waals surface area contributed by atoms with E-state index in [4.69, 9.17) is 0 Å². The van der Waals surface area contributed by atoms with Gasteiger partial charge >= 0.3 is 0 Å². The number of nitrogens with one attached hydrogen (secondary N) is 2. The molecule has 0 spiro atoms. The zero-order valence-electron chi connectivity index (χ0n) is 15.0. The topological polar surface area (TPSA) is 101 Å². The maximum Gasteiger partial charge on any atom is 0.269 e. The van der Waals surface area contributed by atoms with E-state index < -0.39 is 10.8 Å². The van der Waals surface area contributed by atoms with Gasteiger partial charge in [-0.2, -0.15) is 0 Å². The minimum atomic E-state index is -0.535. The summed E-state index contributed by atoms with van der Waals surface area (Å²) >= 11 is 0. The van der Waals surface area contributed by atoms with Crippen molar-refractivity contribution in [2.24, 2.45) is 0 Å². The molecule has 0 aromatic heterocycles. The minimum absolute atomic E-state index is 0.102. The summed E-state index contributed by atoms with van der Waals surface area (Å²) in [5.41, 5.74) is 2.46. The molecule has 2 N–H and O–H groups in total. The number of non-ortho nitro benzene ring substituents is 1. The molecule has 0 aliphatic heterocycles. The van der Waals surface area contributed by atoms with Gasteiger partial charge in [0.05, 0.1) is 16.2 Å². The number of hydrogen-bond acceptors (Lipinski definition) is 4. The van der Waals surface area contributed by atoms with Crippen LogP contribution in [-0.4, -0.2) is 16.7 Å². The van der Waals surface area contributed by atoms with Gasteiger partial charge in [0, 0.05) is 23.4 Å². The molecule has 0 heterocycles. The number of carbonyl (C=O) groups excluding carboxylic acids is 2. The van der Waals surface area contributed by atoms with Crippen LogP contribution in [0, 0.1) is 17.0 Å². The fourth-order valence-corrected chi connectivity index (χ4v) is 2.64. The van der Waals surface area contributed by atoms with Gasteiger partial charge in [-0.05, 0) is 48.9 Å². The van der Waals surface area contributed by atoms with Crippen molar-refractivity contribution in [2.45, 2.75) is 6.92 Å². The lowest BCUT2D eigenvalue weighted by atomic mass is 10.1. The minimum Gasteiger partial charge on any atom is -0.322 e. The van der Waals surface area contributed by atoms with Gasteiger partial charge in [0.1, 0.15) is 0 Å². The molecule has 0 saturated carbocycles. The van der Waals surface area contributed by atoms with E-state index in [1.165, 1.54) is 24.3 Å². The van der Waals surface area contributed by atoms with E-state index in [0.29, 0.717) is 16.9 Å². The molecule has 140 valence electrons. The van der Waals surface area contributed by atoms with Crippen LogP contribution in [0.4, 0.5) is 17.1 Å². The Labute approximate surface area is 161 Å². The molecule has 0 aliphatic carbocycles. The van der Waals surface area contributed by atoms with E-state index in [2.05, 4.69) is 10.6 Å². The van der Waals surface area contributed by atoms with Crippen molar-refractivity contribution >= 4 is 28.9 Å². The summed E-state index contributed by atoms with van der Waals surface area (Å²) in [7, 11) is 0. The second-order valence-corrected chi connectivity index (χ2v) is 6.13. The van der Waals surface area contributed by atoms with E-state index in [-0.39, 0.29) is 17.2 Å². The zero-order valence-corrected chi connectivity index (χ0v) is 15.0. The molecule has 3 aromatic carbocycles. The van der Waals surface area contributed by atoms with Crippen LogP contribution >= 0.6 is 0 Å². The van der Waals surface area contributed by atoms with Gasteiger partial charge in [-0.15, -0.1) is 0 Å². The average molecular weight is 375 g/mol. The number of amides is 2. The van der Waals surface area contributed by atoms with Gasteiger partial charge in [0.2, 0.25) is 0 Å². The number of hydrogen-bond donors (Lipinski definition) is 2.